The lowest BCUT2D eigenvalue weighted by Gasteiger charge is -2.42. The molecule has 3 spiro atoms. The smallest absolute Gasteiger partial charge is 0.169 e. The molecular weight excluding hydrogens is 1300 g/mol. The second-order valence-electron chi connectivity index (χ2n) is 26.8. The lowest BCUT2D eigenvalue weighted by Crippen LogP contribution is -2.41. The quantitative estimate of drug-likeness (QED) is 0.226. The molecular formula is C65H102Br3N3O7S4. The maximum atomic E-state index is 12.9. The Hall–Kier alpha value is -1.09. The molecule has 0 aliphatic heterocycles. The molecule has 17 heteroatoms. The minimum Gasteiger partial charge on any atom is -0.381 e. The van der Waals surface area contributed by atoms with E-state index in [4.69, 9.17) is 28.1 Å². The monoisotopic (exact) mass is 1400 g/mol. The zero-order valence-corrected chi connectivity index (χ0v) is 59.7. The molecule has 6 aliphatic rings. The minimum atomic E-state index is -1.84. The second-order valence-corrected chi connectivity index (χ2v) is 36.5. The van der Waals surface area contributed by atoms with Gasteiger partial charge < -0.3 is 18.8 Å². The fourth-order valence-electron chi connectivity index (χ4n) is 13.1. The van der Waals surface area contributed by atoms with Crippen molar-refractivity contribution in [3.63, 3.8) is 0 Å². The number of halogens is 3. The number of carbonyl (C=O) groups excluding carboxylic acids is 1. The van der Waals surface area contributed by atoms with Crippen LogP contribution >= 0.6 is 71.8 Å². The summed E-state index contributed by atoms with van der Waals surface area (Å²) in [6.45, 7) is 24.5. The molecule has 10 nitrogen and oxygen atoms in total. The van der Waals surface area contributed by atoms with Crippen molar-refractivity contribution in [2.75, 3.05) is 27.6 Å². The fraction of sp³-hybridized carbons (Fsp3) is 0.677. The van der Waals surface area contributed by atoms with Gasteiger partial charge in [-0.2, -0.15) is 22.3 Å². The number of fused-ring (bicyclic) bond motifs is 3. The van der Waals surface area contributed by atoms with Crippen molar-refractivity contribution in [2.24, 2.45) is 47.9 Å². The van der Waals surface area contributed by atoms with Gasteiger partial charge in [0.2, 0.25) is 0 Å². The van der Waals surface area contributed by atoms with Crippen molar-refractivity contribution in [2.45, 2.75) is 219 Å². The number of hydrogen-bond acceptors (Lipinski definition) is 8. The average molecular weight is 1410 g/mol. The first-order valence-electron chi connectivity index (χ1n) is 29.0. The number of ether oxygens (including phenoxy) is 3. The summed E-state index contributed by atoms with van der Waals surface area (Å²) in [7, 11) is 1.11. The molecule has 6 aliphatic carbocycles. The third-order valence-electron chi connectivity index (χ3n) is 18.4. The van der Waals surface area contributed by atoms with Crippen LogP contribution in [-0.4, -0.2) is 90.3 Å². The van der Waals surface area contributed by atoms with Gasteiger partial charge in [0.05, 0.1) is 39.2 Å². The van der Waals surface area contributed by atoms with E-state index in [2.05, 4.69) is 111 Å². The van der Waals surface area contributed by atoms with Gasteiger partial charge in [-0.15, -0.1) is 0 Å². The Bertz CT molecular complexity index is 2650. The molecule has 0 heterocycles. The number of ketones is 1. The largest absolute Gasteiger partial charge is 0.381 e. The standard InChI is InChI=1S/2C21H30BrNO2S.C17H21BrO2.C5H15NOS.CH4.H2S/c2*1-6-14-12-21(10-9-18(14)25-5)13-15-7-8-16(22)11-17(15)19(21)23-26(24)20(2,3)4;1-3-11-9-17(7-6-15(11)20-2)10-12-4-5-13(18)8-14(12)16(17)19;1-5(2,3)8(4,6)7;;/h2*7-8,11,14,18H,6,9-10,12-13H2,1-5H3;4-5,8,11,15H,3,6-7,9-10H2,1-2H3;7H,6H2,1-4H3;1H4;1H2/t2*14-,18-,21-,26-;11-,15-,17?;;;/m100.../s1. The first-order chi connectivity index (χ1) is 37.2. The summed E-state index contributed by atoms with van der Waals surface area (Å²) >= 11 is 10.7. The Morgan fingerprint density at radius 3 is 1.16 bits per heavy atom. The van der Waals surface area contributed by atoms with E-state index in [1.165, 1.54) is 27.8 Å². The molecule has 12 atom stereocenters. The van der Waals surface area contributed by atoms with E-state index in [1.807, 2.05) is 88.7 Å². The van der Waals surface area contributed by atoms with Gasteiger partial charge in [-0.1, -0.05) is 124 Å². The molecule has 82 heavy (non-hydrogen) atoms. The van der Waals surface area contributed by atoms with Crippen LogP contribution in [0.1, 0.15) is 206 Å². The van der Waals surface area contributed by atoms with Crippen LogP contribution in [0.4, 0.5) is 0 Å². The molecule has 3 aromatic rings. The van der Waals surface area contributed by atoms with E-state index in [0.717, 1.165) is 127 Å². The van der Waals surface area contributed by atoms with E-state index in [0.29, 0.717) is 41.8 Å². The third kappa shape index (κ3) is 16.8. The Labute approximate surface area is 534 Å². The molecule has 0 bridgehead atoms. The van der Waals surface area contributed by atoms with E-state index >= 15 is 0 Å². The van der Waals surface area contributed by atoms with Crippen LogP contribution in [0, 0.1) is 34.0 Å². The van der Waals surface area contributed by atoms with Crippen molar-refractivity contribution in [1.29, 1.82) is 0 Å². The molecule has 3 N–H and O–H groups in total. The van der Waals surface area contributed by atoms with Gasteiger partial charge in [0.1, 0.15) is 22.0 Å². The van der Waals surface area contributed by atoms with Crippen LogP contribution in [0.15, 0.2) is 76.8 Å². The molecule has 0 amide bonds. The maximum Gasteiger partial charge on any atom is 0.169 e. The molecule has 0 aromatic heterocycles. The van der Waals surface area contributed by atoms with Gasteiger partial charge >= 0.3 is 0 Å². The van der Waals surface area contributed by atoms with Crippen LogP contribution in [0.3, 0.4) is 0 Å². The molecule has 0 radical (unpaired) electrons. The second kappa shape index (κ2) is 29.5. The topological polar surface area (TPSA) is 150 Å². The molecule has 3 fully saturated rings. The molecule has 9 rings (SSSR count). The van der Waals surface area contributed by atoms with E-state index in [1.54, 1.807) is 13.4 Å². The van der Waals surface area contributed by atoms with Gasteiger partial charge in [0.25, 0.3) is 0 Å². The zero-order valence-electron chi connectivity index (χ0n) is 51.5. The van der Waals surface area contributed by atoms with Crippen molar-refractivity contribution in [3.8, 4) is 0 Å². The summed E-state index contributed by atoms with van der Waals surface area (Å²) < 4.78 is 64.1. The third-order valence-corrected chi connectivity index (χ3v) is 25.2. The highest BCUT2D eigenvalue weighted by molar-refractivity contribution is 9.11. The first kappa shape index (κ1) is 73.4. The van der Waals surface area contributed by atoms with Gasteiger partial charge in [0.15, 0.2) is 5.78 Å². The molecule has 2 unspecified atom stereocenters. The highest BCUT2D eigenvalue weighted by atomic mass is 79.9. The number of carbonyl (C=O) groups is 1. The Morgan fingerprint density at radius 2 is 0.866 bits per heavy atom. The van der Waals surface area contributed by atoms with Crippen molar-refractivity contribution >= 4 is 111 Å². The lowest BCUT2D eigenvalue weighted by atomic mass is 9.65. The number of nitrogens with zero attached hydrogens (tertiary/aromatic N) is 2. The van der Waals surface area contributed by atoms with Crippen LogP contribution in [0.2, 0.25) is 0 Å². The summed E-state index contributed by atoms with van der Waals surface area (Å²) in [6, 6.07) is 19.1. The van der Waals surface area contributed by atoms with Crippen LogP contribution in [0.25, 0.3) is 0 Å². The Balaban J connectivity index is 0.000000246. The normalized spacial score (nSPS) is 30.2. The highest BCUT2D eigenvalue weighted by Gasteiger charge is 2.52. The molecule has 3 aromatic carbocycles. The van der Waals surface area contributed by atoms with E-state index < -0.39 is 32.5 Å². The number of nitrogens with two attached hydrogens (primary N) is 1. The highest BCUT2D eigenvalue weighted by Crippen LogP contribution is 2.54. The number of hydrogen-bond donors (Lipinski definition) is 2. The summed E-state index contributed by atoms with van der Waals surface area (Å²) in [4.78, 5) is 12.9. The number of methoxy groups -OCH3 is 3. The van der Waals surface area contributed by atoms with Gasteiger partial charge in [0, 0.05) is 78.7 Å². The zero-order chi connectivity index (χ0) is 59.6. The average Bonchev–Trinajstić information content (AvgIpc) is 3.21. The van der Waals surface area contributed by atoms with E-state index in [9.17, 15) is 17.8 Å². The maximum absolute atomic E-state index is 12.9. The molecule has 0 saturated heterocycles. The van der Waals surface area contributed by atoms with Gasteiger partial charge in [-0.05, 0) is 210 Å². The number of Topliss-reactive ketones (excluding diaryl/α,β-unsaturated/α-hetero) is 1. The first-order valence-corrected chi connectivity index (χ1v) is 35.7. The summed E-state index contributed by atoms with van der Waals surface area (Å²) in [6.07, 6.45) is 18.2. The van der Waals surface area contributed by atoms with Crippen LogP contribution in [0.5, 0.6) is 0 Å². The van der Waals surface area contributed by atoms with Crippen molar-refractivity contribution in [3.05, 3.63) is 101 Å². The van der Waals surface area contributed by atoms with Gasteiger partial charge in [-0.25, -0.2) is 8.42 Å². The summed E-state index contributed by atoms with van der Waals surface area (Å²) in [5.74, 6) is 1.93. The fourth-order valence-corrected chi connectivity index (χ4v) is 15.7. The lowest BCUT2D eigenvalue weighted by molar-refractivity contribution is -0.0145. The Morgan fingerprint density at radius 1 is 0.585 bits per heavy atom. The van der Waals surface area contributed by atoms with Gasteiger partial charge in [-0.3, -0.25) is 9.93 Å². The number of rotatable bonds is 8. The minimum absolute atomic E-state index is 0. The predicted octanol–water partition coefficient (Wildman–Crippen LogP) is 17.7. The summed E-state index contributed by atoms with van der Waals surface area (Å²) in [5, 5.41) is 5.45. The molecule has 3 saturated carbocycles. The predicted molar refractivity (Wildman–Crippen MR) is 367 cm³/mol. The SMILES string of the molecule is C.CC(C)(C)S(C)(N)O.CC[C@@H]1C[C@]2(CC[C@H]1OC)Cc1ccc(Br)cc1C2=N[S@](=O)C(C)(C)C.CC[C@H]1CC2(CC[C@@H]1OC)Cc1ccc(Br)cc1C2=O.CC[C@H]1C[C@@]2(CC[C@@H]1OC)Cc1ccc(Br)cc1C2=N[S@@](=O)C(C)(C)C.S. The van der Waals surface area contributed by atoms with Crippen molar-refractivity contribution in [1.82, 2.24) is 0 Å². The van der Waals surface area contributed by atoms with Crippen LogP contribution < -0.4 is 5.14 Å². The van der Waals surface area contributed by atoms with Crippen molar-refractivity contribution < 1.29 is 32.0 Å². The van der Waals surface area contributed by atoms with E-state index in [-0.39, 0.29) is 51.4 Å². The van der Waals surface area contributed by atoms with Crippen LogP contribution in [-0.2, 0) is 55.4 Å². The Kier molecular flexibility index (Phi) is 26.4. The molecule has 464 valence electrons. The summed E-state index contributed by atoms with van der Waals surface area (Å²) in [5.41, 5.74) is 9.18. The number of benzene rings is 3.